The van der Waals surface area contributed by atoms with Gasteiger partial charge in [-0.05, 0) is 80.5 Å². The molecule has 138 valence electrons. The van der Waals surface area contributed by atoms with Gasteiger partial charge in [0.25, 0.3) is 5.91 Å². The van der Waals surface area contributed by atoms with Gasteiger partial charge in [-0.15, -0.1) is 0 Å². The maximum atomic E-state index is 12.4. The molecule has 2 N–H and O–H groups in total. The fraction of sp³-hybridized carbons (Fsp3) is 0.0556. The molecule has 27 heavy (non-hydrogen) atoms. The lowest BCUT2D eigenvalue weighted by Gasteiger charge is -2.10. The van der Waals surface area contributed by atoms with Crippen LogP contribution in [0.3, 0.4) is 0 Å². The molecule has 0 heterocycles. The van der Waals surface area contributed by atoms with Crippen LogP contribution in [0.1, 0.15) is 5.56 Å². The topological polar surface area (TPSA) is 99.4 Å². The molecule has 2 aromatic carbocycles. The number of carboxylic acids is 1. The molecule has 0 radical (unpaired) electrons. The second-order valence-electron chi connectivity index (χ2n) is 5.13. The first-order valence-corrected chi connectivity index (χ1v) is 9.99. The number of carbonyl (C=O) groups is 2. The van der Waals surface area contributed by atoms with Gasteiger partial charge in [0.05, 0.1) is 8.04 Å². The number of nitrogens with zero attached hydrogens (tertiary/aromatic N) is 1. The fourth-order valence-electron chi connectivity index (χ4n) is 2.01. The Morgan fingerprint density at radius 3 is 2.63 bits per heavy atom. The first kappa shape index (κ1) is 21.4. The van der Waals surface area contributed by atoms with Gasteiger partial charge in [0, 0.05) is 10.2 Å². The number of aliphatic carboxylic acids is 1. The van der Waals surface area contributed by atoms with Crippen molar-refractivity contribution < 1.29 is 19.4 Å². The highest BCUT2D eigenvalue weighted by Gasteiger charge is 2.13. The first-order valence-electron chi connectivity index (χ1n) is 7.32. The van der Waals surface area contributed by atoms with Crippen molar-refractivity contribution in [3.63, 3.8) is 0 Å². The predicted molar refractivity (Wildman–Crippen MR) is 116 cm³/mol. The molecule has 6 nitrogen and oxygen atoms in total. The average Bonchev–Trinajstić information content (AvgIpc) is 2.58. The lowest BCUT2D eigenvalue weighted by Crippen LogP contribution is -2.13. The zero-order chi connectivity index (χ0) is 20.0. The largest absolute Gasteiger partial charge is 0.480 e. The third-order valence-electron chi connectivity index (χ3n) is 3.12. The molecule has 0 aliphatic heterocycles. The SMILES string of the molecule is N#C/C(=C/c1cc(Br)c(OCC(=O)O)c(I)c1)C(=O)Nc1cccc(Br)c1. The van der Waals surface area contributed by atoms with E-state index in [0.717, 1.165) is 4.47 Å². The van der Waals surface area contributed by atoms with Crippen molar-refractivity contribution >= 4 is 78.1 Å². The molecule has 0 aromatic heterocycles. The summed E-state index contributed by atoms with van der Waals surface area (Å²) in [5, 5.41) is 20.7. The lowest BCUT2D eigenvalue weighted by molar-refractivity contribution is -0.139. The standard InChI is InChI=1S/C18H11Br2IN2O4/c19-12-2-1-3-13(7-12)23-18(26)11(8-22)4-10-5-14(20)17(15(21)6-10)27-9-16(24)25/h1-7H,9H2,(H,23,26)(H,24,25)/b11-4-. The molecule has 0 saturated carbocycles. The Labute approximate surface area is 185 Å². The van der Waals surface area contributed by atoms with E-state index in [0.29, 0.717) is 25.0 Å². The number of ether oxygens (including phenoxy) is 1. The second-order valence-corrected chi connectivity index (χ2v) is 8.06. The maximum Gasteiger partial charge on any atom is 0.341 e. The Morgan fingerprint density at radius 1 is 1.30 bits per heavy atom. The van der Waals surface area contributed by atoms with Crippen LogP contribution in [-0.2, 0) is 9.59 Å². The summed E-state index contributed by atoms with van der Waals surface area (Å²) in [7, 11) is 0. The number of hydrogen-bond donors (Lipinski definition) is 2. The molecule has 0 aliphatic carbocycles. The van der Waals surface area contributed by atoms with E-state index < -0.39 is 18.5 Å². The summed E-state index contributed by atoms with van der Waals surface area (Å²) >= 11 is 8.63. The van der Waals surface area contributed by atoms with Crippen molar-refractivity contribution in [2.75, 3.05) is 11.9 Å². The molecule has 2 rings (SSSR count). The molecule has 0 bridgehead atoms. The Morgan fingerprint density at radius 2 is 2.04 bits per heavy atom. The zero-order valence-electron chi connectivity index (χ0n) is 13.5. The van der Waals surface area contributed by atoms with E-state index in [1.54, 1.807) is 30.3 Å². The van der Waals surface area contributed by atoms with E-state index in [1.165, 1.54) is 6.08 Å². The molecule has 0 fully saturated rings. The van der Waals surface area contributed by atoms with Crippen molar-refractivity contribution in [2.24, 2.45) is 0 Å². The molecule has 0 atom stereocenters. The number of halogens is 3. The fourth-order valence-corrected chi connectivity index (χ4v) is 4.18. The molecule has 0 saturated heterocycles. The van der Waals surface area contributed by atoms with Crippen LogP contribution in [0, 0.1) is 14.9 Å². The molecule has 9 heteroatoms. The number of carboxylic acid groups (broad SMARTS) is 1. The van der Waals surface area contributed by atoms with E-state index >= 15 is 0 Å². The number of nitrogens with one attached hydrogen (secondary N) is 1. The second kappa shape index (κ2) is 9.87. The van der Waals surface area contributed by atoms with Crippen LogP contribution in [0.15, 0.2) is 50.9 Å². The van der Waals surface area contributed by atoms with Gasteiger partial charge < -0.3 is 15.2 Å². The monoisotopic (exact) mass is 604 g/mol. The number of benzene rings is 2. The Balaban J connectivity index is 2.25. The molecule has 2 aromatic rings. The van der Waals surface area contributed by atoms with Crippen LogP contribution in [-0.4, -0.2) is 23.6 Å². The molecule has 0 spiro atoms. The lowest BCUT2D eigenvalue weighted by atomic mass is 10.1. The summed E-state index contributed by atoms with van der Waals surface area (Å²) in [6.07, 6.45) is 1.45. The molecule has 1 amide bonds. The summed E-state index contributed by atoms with van der Waals surface area (Å²) in [6.45, 7) is -0.470. The number of anilines is 1. The van der Waals surface area contributed by atoms with E-state index in [2.05, 4.69) is 37.2 Å². The van der Waals surface area contributed by atoms with Gasteiger partial charge in [-0.2, -0.15) is 5.26 Å². The number of amides is 1. The zero-order valence-corrected chi connectivity index (χ0v) is 18.8. The van der Waals surface area contributed by atoms with Gasteiger partial charge >= 0.3 is 5.97 Å². The van der Waals surface area contributed by atoms with Crippen LogP contribution < -0.4 is 10.1 Å². The molecular weight excluding hydrogens is 595 g/mol. The summed E-state index contributed by atoms with van der Waals surface area (Å²) in [5.74, 6) is -1.24. The minimum atomic E-state index is -1.09. The number of hydrogen-bond acceptors (Lipinski definition) is 4. The van der Waals surface area contributed by atoms with Crippen LogP contribution in [0.4, 0.5) is 5.69 Å². The third-order valence-corrected chi connectivity index (χ3v) is 5.00. The molecular formula is C18H11Br2IN2O4. The van der Waals surface area contributed by atoms with Gasteiger partial charge in [-0.1, -0.05) is 22.0 Å². The van der Waals surface area contributed by atoms with Crippen molar-refractivity contribution in [3.8, 4) is 11.8 Å². The summed E-state index contributed by atoms with van der Waals surface area (Å²) in [5.41, 5.74) is 1.08. The minimum absolute atomic E-state index is 0.0723. The van der Waals surface area contributed by atoms with E-state index in [9.17, 15) is 14.9 Å². The van der Waals surface area contributed by atoms with Crippen LogP contribution in [0.25, 0.3) is 6.08 Å². The van der Waals surface area contributed by atoms with Crippen molar-refractivity contribution in [3.05, 3.63) is 60.1 Å². The van der Waals surface area contributed by atoms with Crippen molar-refractivity contribution in [1.29, 1.82) is 5.26 Å². The van der Waals surface area contributed by atoms with Gasteiger partial charge in [0.2, 0.25) is 0 Å². The first-order chi connectivity index (χ1) is 12.8. The summed E-state index contributed by atoms with van der Waals surface area (Å²) < 4.78 is 7.19. The third kappa shape index (κ3) is 6.34. The smallest absolute Gasteiger partial charge is 0.341 e. The highest BCUT2D eigenvalue weighted by atomic mass is 127. The number of nitriles is 1. The van der Waals surface area contributed by atoms with Gasteiger partial charge in [0.15, 0.2) is 6.61 Å². The van der Waals surface area contributed by atoms with Crippen LogP contribution in [0.5, 0.6) is 5.75 Å². The predicted octanol–water partition coefficient (Wildman–Crippen LogP) is 4.83. The minimum Gasteiger partial charge on any atom is -0.480 e. The van der Waals surface area contributed by atoms with Gasteiger partial charge in [-0.25, -0.2) is 4.79 Å². The van der Waals surface area contributed by atoms with Gasteiger partial charge in [-0.3, -0.25) is 4.79 Å². The summed E-state index contributed by atoms with van der Waals surface area (Å²) in [6, 6.07) is 12.2. The Kier molecular flexibility index (Phi) is 7.82. The molecule has 0 aliphatic rings. The highest BCUT2D eigenvalue weighted by Crippen LogP contribution is 2.32. The summed E-state index contributed by atoms with van der Waals surface area (Å²) in [4.78, 5) is 23.0. The highest BCUT2D eigenvalue weighted by molar-refractivity contribution is 14.1. The molecule has 0 unspecified atom stereocenters. The van der Waals surface area contributed by atoms with Crippen LogP contribution in [0.2, 0.25) is 0 Å². The quantitative estimate of drug-likeness (QED) is 0.279. The van der Waals surface area contributed by atoms with Crippen molar-refractivity contribution in [1.82, 2.24) is 0 Å². The average molecular weight is 606 g/mol. The van der Waals surface area contributed by atoms with Crippen LogP contribution >= 0.6 is 54.5 Å². The van der Waals surface area contributed by atoms with Gasteiger partial charge in [0.1, 0.15) is 17.4 Å². The van der Waals surface area contributed by atoms with Crippen molar-refractivity contribution in [2.45, 2.75) is 0 Å². The number of carbonyl (C=O) groups excluding carboxylic acids is 1. The number of rotatable bonds is 6. The Hall–Kier alpha value is -1.90. The van der Waals surface area contributed by atoms with E-state index in [4.69, 9.17) is 9.84 Å². The maximum absolute atomic E-state index is 12.4. The normalized spacial score (nSPS) is 10.8. The Bertz CT molecular complexity index is 947. The van der Waals surface area contributed by atoms with E-state index in [-0.39, 0.29) is 5.57 Å². The van der Waals surface area contributed by atoms with E-state index in [1.807, 2.05) is 34.7 Å².